The van der Waals surface area contributed by atoms with Crippen LogP contribution in [0.5, 0.6) is 0 Å². The van der Waals surface area contributed by atoms with E-state index in [0.29, 0.717) is 5.92 Å². The fourth-order valence-corrected chi connectivity index (χ4v) is 3.25. The molecule has 4 atom stereocenters. The molecule has 1 saturated carbocycles. The Morgan fingerprint density at radius 3 is 3.19 bits per heavy atom. The highest BCUT2D eigenvalue weighted by Crippen LogP contribution is 2.38. The maximum atomic E-state index is 6.15. The smallest absolute Gasteiger partial charge is 0.202 e. The molecule has 0 aromatic carbocycles. The zero-order valence-corrected chi connectivity index (χ0v) is 10.0. The fourth-order valence-electron chi connectivity index (χ4n) is 2.62. The molecule has 1 aromatic rings. The maximum Gasteiger partial charge on any atom is 0.202 e. The van der Waals surface area contributed by atoms with Crippen LogP contribution >= 0.6 is 11.5 Å². The van der Waals surface area contributed by atoms with Crippen LogP contribution in [0.15, 0.2) is 0 Å². The van der Waals surface area contributed by atoms with Crippen LogP contribution in [0.4, 0.5) is 5.13 Å². The van der Waals surface area contributed by atoms with Crippen molar-refractivity contribution in [2.75, 3.05) is 11.9 Å². The summed E-state index contributed by atoms with van der Waals surface area (Å²) in [6.45, 7) is 2.75. The summed E-state index contributed by atoms with van der Waals surface area (Å²) in [4.78, 5) is 4.29. The number of rotatable bonds is 2. The molecule has 0 bridgehead atoms. The number of fused-ring (bicyclic) bond motifs is 1. The Hall–Kier alpha value is -0.720. The lowest BCUT2D eigenvalue weighted by molar-refractivity contribution is -0.104. The zero-order valence-electron chi connectivity index (χ0n) is 9.22. The van der Waals surface area contributed by atoms with E-state index in [0.717, 1.165) is 24.0 Å². The van der Waals surface area contributed by atoms with Crippen molar-refractivity contribution in [2.45, 2.75) is 38.0 Å². The summed E-state index contributed by atoms with van der Waals surface area (Å²) >= 11 is 1.39. The molecule has 3 N–H and O–H groups in total. The Kier molecular flexibility index (Phi) is 2.57. The van der Waals surface area contributed by atoms with Crippen LogP contribution in [0, 0.1) is 12.8 Å². The van der Waals surface area contributed by atoms with Crippen LogP contribution in [0.3, 0.4) is 0 Å². The van der Waals surface area contributed by atoms with Gasteiger partial charge in [-0.1, -0.05) is 0 Å². The third kappa shape index (κ3) is 1.61. The average Bonchev–Trinajstić information content (AvgIpc) is 2.71. The van der Waals surface area contributed by atoms with E-state index in [1.54, 1.807) is 0 Å². The van der Waals surface area contributed by atoms with Gasteiger partial charge in [-0.15, -0.1) is 0 Å². The minimum atomic E-state index is 0.189. The monoisotopic (exact) mass is 240 g/mol. The first-order chi connectivity index (χ1) is 7.75. The maximum absolute atomic E-state index is 6.15. The number of aryl methyl sites for hydroxylation is 1. The SMILES string of the molecule is Cc1nsc(NC2C(N)C3CCCOC32)n1. The molecule has 2 heterocycles. The second-order valence-electron chi connectivity index (χ2n) is 4.54. The normalized spacial score (nSPS) is 37.6. The molecule has 0 spiro atoms. The molecule has 1 aromatic heterocycles. The van der Waals surface area contributed by atoms with Crippen molar-refractivity contribution in [1.29, 1.82) is 0 Å². The number of nitrogens with one attached hydrogen (secondary N) is 1. The summed E-state index contributed by atoms with van der Waals surface area (Å²) in [5, 5.41) is 4.20. The fraction of sp³-hybridized carbons (Fsp3) is 0.800. The van der Waals surface area contributed by atoms with Crippen molar-refractivity contribution in [3.63, 3.8) is 0 Å². The minimum Gasteiger partial charge on any atom is -0.376 e. The van der Waals surface area contributed by atoms with Gasteiger partial charge in [0.1, 0.15) is 5.82 Å². The molecule has 4 unspecified atom stereocenters. The largest absolute Gasteiger partial charge is 0.376 e. The highest BCUT2D eigenvalue weighted by Gasteiger charge is 2.50. The molecule has 5 nitrogen and oxygen atoms in total. The van der Waals surface area contributed by atoms with Gasteiger partial charge in [0, 0.05) is 30.1 Å². The molecule has 1 saturated heterocycles. The van der Waals surface area contributed by atoms with Crippen LogP contribution in [0.2, 0.25) is 0 Å². The molecule has 3 rings (SSSR count). The van der Waals surface area contributed by atoms with Crippen molar-refractivity contribution in [1.82, 2.24) is 9.36 Å². The van der Waals surface area contributed by atoms with Crippen LogP contribution in [-0.2, 0) is 4.74 Å². The van der Waals surface area contributed by atoms with Crippen LogP contribution < -0.4 is 11.1 Å². The van der Waals surface area contributed by atoms with E-state index in [2.05, 4.69) is 14.7 Å². The first-order valence-corrected chi connectivity index (χ1v) is 6.47. The molecular weight excluding hydrogens is 224 g/mol. The van der Waals surface area contributed by atoms with E-state index < -0.39 is 0 Å². The standard InChI is InChI=1S/C10H16N4OS/c1-5-12-10(16-14-5)13-8-7(11)6-3-2-4-15-9(6)8/h6-9H,2-4,11H2,1H3,(H,12,13,14). The first-order valence-electron chi connectivity index (χ1n) is 5.70. The van der Waals surface area contributed by atoms with Gasteiger partial charge in [-0.05, 0) is 19.8 Å². The summed E-state index contributed by atoms with van der Waals surface area (Å²) in [5.41, 5.74) is 6.15. The Balaban J connectivity index is 1.67. The molecule has 0 radical (unpaired) electrons. The molecule has 16 heavy (non-hydrogen) atoms. The van der Waals surface area contributed by atoms with Gasteiger partial charge in [-0.3, -0.25) is 0 Å². The third-order valence-corrected chi connectivity index (χ3v) is 4.23. The van der Waals surface area contributed by atoms with Gasteiger partial charge in [0.2, 0.25) is 5.13 Å². The number of nitrogens with two attached hydrogens (primary N) is 1. The Morgan fingerprint density at radius 2 is 2.44 bits per heavy atom. The summed E-state index contributed by atoms with van der Waals surface area (Å²) in [6.07, 6.45) is 2.60. The molecular formula is C10H16N4OS. The van der Waals surface area contributed by atoms with Crippen molar-refractivity contribution in [3.8, 4) is 0 Å². The van der Waals surface area contributed by atoms with Gasteiger partial charge in [0.25, 0.3) is 0 Å². The lowest BCUT2D eigenvalue weighted by Crippen LogP contribution is -2.69. The predicted molar refractivity (Wildman–Crippen MR) is 62.5 cm³/mol. The predicted octanol–water partition coefficient (Wildman–Crippen LogP) is 0.763. The van der Waals surface area contributed by atoms with E-state index in [9.17, 15) is 0 Å². The molecule has 6 heteroatoms. The second kappa shape index (κ2) is 3.94. The van der Waals surface area contributed by atoms with Crippen LogP contribution in [0.1, 0.15) is 18.7 Å². The Labute approximate surface area is 98.6 Å². The average molecular weight is 240 g/mol. The van der Waals surface area contributed by atoms with Gasteiger partial charge in [0.15, 0.2) is 0 Å². The topological polar surface area (TPSA) is 73.1 Å². The van der Waals surface area contributed by atoms with Gasteiger partial charge in [0.05, 0.1) is 12.1 Å². The van der Waals surface area contributed by atoms with Crippen LogP contribution in [0.25, 0.3) is 0 Å². The molecule has 1 aliphatic heterocycles. The quantitative estimate of drug-likeness (QED) is 0.798. The zero-order chi connectivity index (χ0) is 11.1. The minimum absolute atomic E-state index is 0.189. The number of ether oxygens (including phenoxy) is 1. The number of hydrogen-bond acceptors (Lipinski definition) is 6. The van der Waals surface area contributed by atoms with Crippen molar-refractivity contribution < 1.29 is 4.74 Å². The third-order valence-electron chi connectivity index (χ3n) is 3.49. The summed E-state index contributed by atoms with van der Waals surface area (Å²) in [6, 6.07) is 0.396. The summed E-state index contributed by atoms with van der Waals surface area (Å²) in [7, 11) is 0. The van der Waals surface area contributed by atoms with Gasteiger partial charge in [-0.2, -0.15) is 4.37 Å². The van der Waals surface area contributed by atoms with Gasteiger partial charge >= 0.3 is 0 Å². The lowest BCUT2D eigenvalue weighted by atomic mass is 9.69. The highest BCUT2D eigenvalue weighted by atomic mass is 32.1. The molecule has 88 valence electrons. The Morgan fingerprint density at radius 1 is 1.56 bits per heavy atom. The number of anilines is 1. The Bertz CT molecular complexity index is 383. The molecule has 2 fully saturated rings. The summed E-state index contributed by atoms with van der Waals surface area (Å²) in [5.74, 6) is 1.33. The molecule has 1 aliphatic carbocycles. The van der Waals surface area contributed by atoms with E-state index in [1.807, 2.05) is 6.92 Å². The highest BCUT2D eigenvalue weighted by molar-refractivity contribution is 7.09. The van der Waals surface area contributed by atoms with Crippen LogP contribution in [-0.4, -0.2) is 34.2 Å². The molecule has 2 aliphatic rings. The number of aromatic nitrogens is 2. The van der Waals surface area contributed by atoms with Crippen molar-refractivity contribution in [3.05, 3.63) is 5.82 Å². The van der Waals surface area contributed by atoms with Crippen molar-refractivity contribution in [2.24, 2.45) is 11.7 Å². The lowest BCUT2D eigenvalue weighted by Gasteiger charge is -2.52. The van der Waals surface area contributed by atoms with Gasteiger partial charge < -0.3 is 15.8 Å². The van der Waals surface area contributed by atoms with E-state index >= 15 is 0 Å². The second-order valence-corrected chi connectivity index (χ2v) is 5.29. The number of nitrogens with zero attached hydrogens (tertiary/aromatic N) is 2. The molecule has 0 amide bonds. The first kappa shape index (κ1) is 10.4. The van der Waals surface area contributed by atoms with E-state index in [1.165, 1.54) is 18.0 Å². The van der Waals surface area contributed by atoms with E-state index in [-0.39, 0.29) is 18.2 Å². The van der Waals surface area contributed by atoms with Gasteiger partial charge in [-0.25, -0.2) is 4.98 Å². The van der Waals surface area contributed by atoms with E-state index in [4.69, 9.17) is 10.5 Å². The summed E-state index contributed by atoms with van der Waals surface area (Å²) < 4.78 is 9.90. The van der Waals surface area contributed by atoms with Crippen molar-refractivity contribution >= 4 is 16.7 Å². The number of hydrogen-bond donors (Lipinski definition) is 2.